The minimum Gasteiger partial charge on any atom is -0.491 e. The first kappa shape index (κ1) is 20.4. The van der Waals surface area contributed by atoms with Crippen LogP contribution in [0.25, 0.3) is 0 Å². The summed E-state index contributed by atoms with van der Waals surface area (Å²) in [5.41, 5.74) is -2.83. The monoisotopic (exact) mass is 390 g/mol. The van der Waals surface area contributed by atoms with Crippen LogP contribution in [0.3, 0.4) is 0 Å². The van der Waals surface area contributed by atoms with Gasteiger partial charge in [0, 0.05) is 11.2 Å². The van der Waals surface area contributed by atoms with E-state index in [0.29, 0.717) is 17.0 Å². The Labute approximate surface area is 153 Å². The highest BCUT2D eigenvalue weighted by molar-refractivity contribution is 6.31. The Kier molecular flexibility index (Phi) is 6.44. The predicted molar refractivity (Wildman–Crippen MR) is 89.1 cm³/mol. The number of aromatic nitrogens is 2. The quantitative estimate of drug-likeness (QED) is 0.759. The summed E-state index contributed by atoms with van der Waals surface area (Å²) >= 11 is 6.08. The molecule has 0 aliphatic heterocycles. The van der Waals surface area contributed by atoms with Gasteiger partial charge in [-0.25, -0.2) is 0 Å². The van der Waals surface area contributed by atoms with Gasteiger partial charge in [-0.1, -0.05) is 17.7 Å². The molecule has 0 spiro atoms. The molecule has 1 aromatic carbocycles. The maximum absolute atomic E-state index is 13.5. The minimum atomic E-state index is -4.92. The van der Waals surface area contributed by atoms with Crippen molar-refractivity contribution in [2.24, 2.45) is 0 Å². The van der Waals surface area contributed by atoms with Gasteiger partial charge in [0.1, 0.15) is 12.4 Å². The van der Waals surface area contributed by atoms with E-state index in [2.05, 4.69) is 9.97 Å². The summed E-state index contributed by atoms with van der Waals surface area (Å²) in [5.74, 6) is 0.392. The normalized spacial score (nSPS) is 14.1. The fourth-order valence-electron chi connectivity index (χ4n) is 2.32. The molecule has 0 fully saturated rings. The van der Waals surface area contributed by atoms with Gasteiger partial charge in [-0.05, 0) is 37.5 Å². The van der Waals surface area contributed by atoms with E-state index in [1.54, 1.807) is 6.92 Å². The number of aliphatic hydroxyl groups is 2. The Morgan fingerprint density at radius 2 is 1.92 bits per heavy atom. The second-order valence-electron chi connectivity index (χ2n) is 5.73. The van der Waals surface area contributed by atoms with Gasteiger partial charge in [0.15, 0.2) is 0 Å². The third-order valence-electron chi connectivity index (χ3n) is 3.81. The molecule has 0 amide bonds. The maximum Gasteiger partial charge on any atom is 0.423 e. The van der Waals surface area contributed by atoms with Crippen molar-refractivity contribution in [2.45, 2.75) is 31.5 Å². The number of alkyl halides is 3. The Morgan fingerprint density at radius 3 is 2.46 bits per heavy atom. The third-order valence-corrected chi connectivity index (χ3v) is 4.17. The van der Waals surface area contributed by atoms with Crippen LogP contribution in [-0.2, 0) is 12.0 Å². The number of ether oxygens (including phenoxy) is 1. The summed E-state index contributed by atoms with van der Waals surface area (Å²) in [5, 5.41) is 19.2. The zero-order chi connectivity index (χ0) is 19.4. The molecule has 0 saturated carbocycles. The van der Waals surface area contributed by atoms with Gasteiger partial charge in [-0.15, -0.1) is 0 Å². The lowest BCUT2D eigenvalue weighted by atomic mass is 9.91. The molecule has 0 bridgehead atoms. The van der Waals surface area contributed by atoms with Crippen LogP contribution >= 0.6 is 11.6 Å². The fourth-order valence-corrected chi connectivity index (χ4v) is 2.59. The summed E-state index contributed by atoms with van der Waals surface area (Å²) in [7, 11) is 0. The lowest BCUT2D eigenvalue weighted by Crippen LogP contribution is -2.43. The topological polar surface area (TPSA) is 75.5 Å². The molecule has 1 unspecified atom stereocenters. The molecule has 26 heavy (non-hydrogen) atoms. The van der Waals surface area contributed by atoms with Crippen molar-refractivity contribution >= 4 is 11.6 Å². The average molecular weight is 391 g/mol. The molecular weight excluding hydrogens is 373 g/mol. The number of rotatable bonds is 7. The summed E-state index contributed by atoms with van der Waals surface area (Å²) in [6.07, 6.45) is -3.62. The van der Waals surface area contributed by atoms with Gasteiger partial charge in [-0.3, -0.25) is 9.97 Å². The zero-order valence-corrected chi connectivity index (χ0v) is 14.7. The van der Waals surface area contributed by atoms with Gasteiger partial charge >= 0.3 is 6.18 Å². The molecule has 5 nitrogen and oxygen atoms in total. The fraction of sp³-hybridized carbons (Fsp3) is 0.412. The van der Waals surface area contributed by atoms with Crippen LogP contribution in [0.4, 0.5) is 13.2 Å². The molecule has 0 radical (unpaired) electrons. The molecule has 1 aromatic heterocycles. The van der Waals surface area contributed by atoms with E-state index < -0.39 is 23.9 Å². The Morgan fingerprint density at radius 1 is 1.19 bits per heavy atom. The van der Waals surface area contributed by atoms with Crippen molar-refractivity contribution in [1.82, 2.24) is 9.97 Å². The summed E-state index contributed by atoms with van der Waals surface area (Å²) in [6.45, 7) is 1.49. The van der Waals surface area contributed by atoms with Crippen LogP contribution in [0, 0.1) is 6.92 Å². The van der Waals surface area contributed by atoms with Crippen molar-refractivity contribution in [3.63, 3.8) is 0 Å². The molecule has 2 rings (SSSR count). The maximum atomic E-state index is 13.5. The molecule has 0 aliphatic carbocycles. The summed E-state index contributed by atoms with van der Waals surface area (Å²) in [4.78, 5) is 7.48. The van der Waals surface area contributed by atoms with Crippen LogP contribution in [-0.4, -0.2) is 39.6 Å². The standard InChI is InChI=1S/C17H18ClF3N2O3/c1-11-9-23-15(10-22-11)16(25,17(19,20)21)5-4-12-2-3-13(8-14(12)18)26-7-6-24/h2-3,8-10,24-25H,4-7H2,1H3. The number of hydrogen-bond donors (Lipinski definition) is 2. The van der Waals surface area contributed by atoms with Crippen LogP contribution in [0.2, 0.25) is 5.02 Å². The van der Waals surface area contributed by atoms with Gasteiger partial charge in [0.05, 0.1) is 24.2 Å². The van der Waals surface area contributed by atoms with Crippen molar-refractivity contribution in [2.75, 3.05) is 13.2 Å². The first-order valence-corrected chi connectivity index (χ1v) is 8.15. The Hall–Kier alpha value is -1.90. The zero-order valence-electron chi connectivity index (χ0n) is 13.9. The minimum absolute atomic E-state index is 0.0790. The number of aliphatic hydroxyl groups excluding tert-OH is 1. The molecule has 1 heterocycles. The van der Waals surface area contributed by atoms with Crippen molar-refractivity contribution in [1.29, 1.82) is 0 Å². The van der Waals surface area contributed by atoms with Gasteiger partial charge in [0.2, 0.25) is 5.60 Å². The number of nitrogens with zero attached hydrogens (tertiary/aromatic N) is 2. The van der Waals surface area contributed by atoms with Crippen LogP contribution in [0.15, 0.2) is 30.6 Å². The van der Waals surface area contributed by atoms with Crippen molar-refractivity contribution in [3.05, 3.63) is 52.6 Å². The van der Waals surface area contributed by atoms with Crippen molar-refractivity contribution < 1.29 is 28.1 Å². The largest absolute Gasteiger partial charge is 0.491 e. The van der Waals surface area contributed by atoms with Gasteiger partial charge < -0.3 is 14.9 Å². The summed E-state index contributed by atoms with van der Waals surface area (Å²) < 4.78 is 45.7. The SMILES string of the molecule is Cc1cnc(C(O)(CCc2ccc(OCCO)cc2Cl)C(F)(F)F)cn1. The van der Waals surface area contributed by atoms with Gasteiger partial charge in [0.25, 0.3) is 0 Å². The highest BCUT2D eigenvalue weighted by Gasteiger charge is 2.55. The van der Waals surface area contributed by atoms with E-state index in [1.165, 1.54) is 24.4 Å². The molecule has 142 valence electrons. The number of hydrogen-bond acceptors (Lipinski definition) is 5. The van der Waals surface area contributed by atoms with Crippen LogP contribution in [0.5, 0.6) is 5.75 Å². The Balaban J connectivity index is 2.21. The molecule has 0 aliphatic rings. The lowest BCUT2D eigenvalue weighted by Gasteiger charge is -2.30. The van der Waals surface area contributed by atoms with E-state index >= 15 is 0 Å². The van der Waals surface area contributed by atoms with E-state index in [0.717, 1.165) is 6.20 Å². The molecule has 9 heteroatoms. The molecule has 1 atom stereocenters. The second kappa shape index (κ2) is 8.20. The van der Waals surface area contributed by atoms with E-state index in [4.69, 9.17) is 21.4 Å². The number of halogens is 4. The third kappa shape index (κ3) is 4.63. The van der Waals surface area contributed by atoms with E-state index in [9.17, 15) is 18.3 Å². The average Bonchev–Trinajstić information content (AvgIpc) is 2.58. The highest BCUT2D eigenvalue weighted by Crippen LogP contribution is 2.41. The Bertz CT molecular complexity index is 741. The number of benzene rings is 1. The second-order valence-corrected chi connectivity index (χ2v) is 6.13. The van der Waals surface area contributed by atoms with Crippen LogP contribution in [0.1, 0.15) is 23.4 Å². The molecule has 0 saturated heterocycles. The highest BCUT2D eigenvalue weighted by atomic mass is 35.5. The molecule has 2 N–H and O–H groups in total. The summed E-state index contributed by atoms with van der Waals surface area (Å²) in [6, 6.07) is 4.51. The molecular formula is C17H18ClF3N2O3. The van der Waals surface area contributed by atoms with E-state index in [-0.39, 0.29) is 24.7 Å². The van der Waals surface area contributed by atoms with Crippen LogP contribution < -0.4 is 4.74 Å². The number of aryl methyl sites for hydroxylation is 2. The predicted octanol–water partition coefficient (Wildman–Crippen LogP) is 3.19. The first-order valence-electron chi connectivity index (χ1n) is 7.77. The van der Waals surface area contributed by atoms with Crippen molar-refractivity contribution in [3.8, 4) is 5.75 Å². The van der Waals surface area contributed by atoms with Gasteiger partial charge in [-0.2, -0.15) is 13.2 Å². The smallest absolute Gasteiger partial charge is 0.423 e. The molecule has 2 aromatic rings. The lowest BCUT2D eigenvalue weighted by molar-refractivity contribution is -0.270. The first-order chi connectivity index (χ1) is 12.2. The van der Waals surface area contributed by atoms with E-state index in [1.807, 2.05) is 0 Å².